The largest absolute Gasteiger partial charge is 0.480 e. The molecule has 12 heteroatoms. The summed E-state index contributed by atoms with van der Waals surface area (Å²) in [6.45, 7) is 3.73. The predicted molar refractivity (Wildman–Crippen MR) is 119 cm³/mol. The normalized spacial score (nSPS) is 14.2. The van der Waals surface area contributed by atoms with E-state index in [1.54, 1.807) is 14.2 Å². The maximum absolute atomic E-state index is 11.5. The quantitative estimate of drug-likeness (QED) is 0.146. The van der Waals surface area contributed by atoms with Gasteiger partial charge in [-0.15, -0.1) is 0 Å². The van der Waals surface area contributed by atoms with Crippen molar-refractivity contribution < 1.29 is 48.7 Å². The van der Waals surface area contributed by atoms with Gasteiger partial charge in [0.15, 0.2) is 0 Å². The van der Waals surface area contributed by atoms with Gasteiger partial charge in [-0.1, -0.05) is 13.3 Å². The zero-order chi connectivity index (χ0) is 25.1. The van der Waals surface area contributed by atoms with Crippen LogP contribution in [0.2, 0.25) is 0 Å². The highest BCUT2D eigenvalue weighted by atomic mass is 16.6. The van der Waals surface area contributed by atoms with Crippen molar-refractivity contribution in [3.63, 3.8) is 0 Å². The molecule has 33 heavy (non-hydrogen) atoms. The van der Waals surface area contributed by atoms with E-state index in [2.05, 4.69) is 5.32 Å². The molecular formula is C21H40N2O10. The van der Waals surface area contributed by atoms with Crippen LogP contribution < -0.4 is 5.32 Å². The average molecular weight is 481 g/mol. The van der Waals surface area contributed by atoms with Crippen molar-refractivity contribution in [2.45, 2.75) is 50.9 Å². The minimum atomic E-state index is -1.28. The number of carboxylic acid groups (broad SMARTS) is 3. The van der Waals surface area contributed by atoms with Crippen molar-refractivity contribution in [1.29, 1.82) is 0 Å². The maximum atomic E-state index is 11.5. The van der Waals surface area contributed by atoms with Crippen LogP contribution in [0.15, 0.2) is 0 Å². The SMILES string of the molecule is CCC(COCCOC)OC(CNCCCCC(C(=O)O)N(CC(=O)O)CC(=O)O)COC. The molecule has 0 aliphatic rings. The lowest BCUT2D eigenvalue weighted by molar-refractivity contribution is -0.149. The first-order valence-electron chi connectivity index (χ1n) is 11.1. The first kappa shape index (κ1) is 31.2. The van der Waals surface area contributed by atoms with Crippen molar-refractivity contribution in [2.24, 2.45) is 0 Å². The molecule has 0 aromatic carbocycles. The molecule has 0 radical (unpaired) electrons. The van der Waals surface area contributed by atoms with Gasteiger partial charge in [-0.05, 0) is 25.8 Å². The summed E-state index contributed by atoms with van der Waals surface area (Å²) < 4.78 is 21.8. The number of rotatable bonds is 23. The molecule has 194 valence electrons. The van der Waals surface area contributed by atoms with Gasteiger partial charge in [0.05, 0.1) is 51.7 Å². The summed E-state index contributed by atoms with van der Waals surface area (Å²) in [5, 5.41) is 30.6. The van der Waals surface area contributed by atoms with Crippen LogP contribution in [0.1, 0.15) is 32.6 Å². The molecule has 12 nitrogen and oxygen atoms in total. The van der Waals surface area contributed by atoms with Crippen LogP contribution in [0.3, 0.4) is 0 Å². The Labute approximate surface area is 195 Å². The van der Waals surface area contributed by atoms with Gasteiger partial charge in [-0.2, -0.15) is 0 Å². The standard InChI is InChI=1S/C21H40N2O10/c1-4-16(15-32-10-9-30-2)33-17(14-31-3)11-22-8-6-5-7-18(21(28)29)23(12-19(24)25)13-20(26)27/h16-18,22H,4-15H2,1-3H3,(H,24,25)(H,26,27)(H,28,29). The van der Waals surface area contributed by atoms with E-state index in [4.69, 9.17) is 29.2 Å². The molecule has 0 aromatic rings. The zero-order valence-corrected chi connectivity index (χ0v) is 19.9. The second kappa shape index (κ2) is 19.6. The zero-order valence-electron chi connectivity index (χ0n) is 19.9. The van der Waals surface area contributed by atoms with Gasteiger partial charge in [0.2, 0.25) is 0 Å². The number of carbonyl (C=O) groups is 3. The summed E-state index contributed by atoms with van der Waals surface area (Å²) in [6.07, 6.45) is 1.79. The second-order valence-corrected chi connectivity index (χ2v) is 7.56. The fourth-order valence-electron chi connectivity index (χ4n) is 3.15. The van der Waals surface area contributed by atoms with Crippen LogP contribution in [0.25, 0.3) is 0 Å². The molecule has 0 aromatic heterocycles. The molecule has 0 amide bonds. The monoisotopic (exact) mass is 480 g/mol. The van der Waals surface area contributed by atoms with Crippen LogP contribution in [0.4, 0.5) is 0 Å². The fourth-order valence-corrected chi connectivity index (χ4v) is 3.15. The highest BCUT2D eigenvalue weighted by Crippen LogP contribution is 2.10. The van der Waals surface area contributed by atoms with Gasteiger partial charge in [0.25, 0.3) is 0 Å². The number of aliphatic carboxylic acids is 3. The Kier molecular flexibility index (Phi) is 18.5. The van der Waals surface area contributed by atoms with E-state index in [0.717, 1.165) is 11.3 Å². The van der Waals surface area contributed by atoms with E-state index in [-0.39, 0.29) is 18.6 Å². The van der Waals surface area contributed by atoms with Crippen molar-refractivity contribution in [1.82, 2.24) is 10.2 Å². The number of hydrogen-bond acceptors (Lipinski definition) is 9. The molecule has 0 bridgehead atoms. The first-order chi connectivity index (χ1) is 15.7. The second-order valence-electron chi connectivity index (χ2n) is 7.56. The van der Waals surface area contributed by atoms with Crippen LogP contribution in [-0.2, 0) is 33.3 Å². The molecule has 0 saturated heterocycles. The molecule has 4 N–H and O–H groups in total. The van der Waals surface area contributed by atoms with Crippen LogP contribution in [-0.4, -0.2) is 123 Å². The number of ether oxygens (including phenoxy) is 4. The first-order valence-corrected chi connectivity index (χ1v) is 11.1. The van der Waals surface area contributed by atoms with Crippen molar-refractivity contribution >= 4 is 17.9 Å². The third kappa shape index (κ3) is 16.4. The molecule has 0 spiro atoms. The minimum Gasteiger partial charge on any atom is -0.480 e. The molecule has 0 rings (SSSR count). The molecule has 0 heterocycles. The summed E-state index contributed by atoms with van der Waals surface area (Å²) in [5.41, 5.74) is 0. The Bertz CT molecular complexity index is 533. The number of carboxylic acids is 3. The number of unbranched alkanes of at least 4 members (excludes halogenated alkanes) is 1. The third-order valence-corrected chi connectivity index (χ3v) is 4.78. The molecule has 0 saturated carbocycles. The summed E-state index contributed by atoms with van der Waals surface area (Å²) in [7, 11) is 3.21. The van der Waals surface area contributed by atoms with Crippen LogP contribution in [0, 0.1) is 0 Å². The van der Waals surface area contributed by atoms with Gasteiger partial charge < -0.3 is 39.6 Å². The Morgan fingerprint density at radius 3 is 2.09 bits per heavy atom. The van der Waals surface area contributed by atoms with Gasteiger partial charge in [-0.25, -0.2) is 0 Å². The Hall–Kier alpha value is -1.83. The van der Waals surface area contributed by atoms with Crippen molar-refractivity contribution in [2.75, 3.05) is 66.8 Å². The summed E-state index contributed by atoms with van der Waals surface area (Å²) in [6, 6.07) is -1.18. The lowest BCUT2D eigenvalue weighted by Gasteiger charge is -2.26. The summed E-state index contributed by atoms with van der Waals surface area (Å²) >= 11 is 0. The van der Waals surface area contributed by atoms with Crippen molar-refractivity contribution in [3.8, 4) is 0 Å². The smallest absolute Gasteiger partial charge is 0.320 e. The van der Waals surface area contributed by atoms with E-state index in [0.29, 0.717) is 52.4 Å². The van der Waals surface area contributed by atoms with Crippen LogP contribution in [0.5, 0.6) is 0 Å². The number of nitrogens with one attached hydrogen (secondary N) is 1. The lowest BCUT2D eigenvalue weighted by atomic mass is 10.1. The summed E-state index contributed by atoms with van der Waals surface area (Å²) in [4.78, 5) is 34.4. The van der Waals surface area contributed by atoms with E-state index < -0.39 is 37.0 Å². The Morgan fingerprint density at radius 1 is 0.909 bits per heavy atom. The van der Waals surface area contributed by atoms with Crippen LogP contribution >= 0.6 is 0 Å². The Morgan fingerprint density at radius 2 is 1.58 bits per heavy atom. The van der Waals surface area contributed by atoms with Gasteiger partial charge in [0, 0.05) is 20.8 Å². The maximum Gasteiger partial charge on any atom is 0.320 e. The topological polar surface area (TPSA) is 164 Å². The van der Waals surface area contributed by atoms with Gasteiger partial charge in [0.1, 0.15) is 6.04 Å². The number of nitrogens with zero attached hydrogens (tertiary/aromatic N) is 1. The van der Waals surface area contributed by atoms with E-state index in [1.807, 2.05) is 6.92 Å². The van der Waals surface area contributed by atoms with E-state index >= 15 is 0 Å². The molecule has 3 atom stereocenters. The average Bonchev–Trinajstić information content (AvgIpc) is 2.73. The minimum absolute atomic E-state index is 0.0745. The molecule has 0 fully saturated rings. The fraction of sp³-hybridized carbons (Fsp3) is 0.857. The highest BCUT2D eigenvalue weighted by molar-refractivity contribution is 5.78. The molecular weight excluding hydrogens is 440 g/mol. The van der Waals surface area contributed by atoms with Gasteiger partial charge in [-0.3, -0.25) is 19.3 Å². The predicted octanol–water partition coefficient (Wildman–Crippen LogP) is 0.144. The van der Waals surface area contributed by atoms with E-state index in [9.17, 15) is 19.5 Å². The molecule has 0 aliphatic carbocycles. The lowest BCUT2D eigenvalue weighted by Crippen LogP contribution is -2.46. The molecule has 0 aliphatic heterocycles. The number of methoxy groups -OCH3 is 2. The van der Waals surface area contributed by atoms with Gasteiger partial charge >= 0.3 is 17.9 Å². The third-order valence-electron chi connectivity index (χ3n) is 4.78. The summed E-state index contributed by atoms with van der Waals surface area (Å²) in [5.74, 6) is -3.79. The van der Waals surface area contributed by atoms with E-state index in [1.165, 1.54) is 0 Å². The molecule has 3 unspecified atom stereocenters. The number of hydrogen-bond donors (Lipinski definition) is 4. The highest BCUT2D eigenvalue weighted by Gasteiger charge is 2.28. The Balaban J connectivity index is 4.44. The van der Waals surface area contributed by atoms with Crippen molar-refractivity contribution in [3.05, 3.63) is 0 Å².